The molecule has 1 rings (SSSR count). The van der Waals surface area contributed by atoms with Gasteiger partial charge in [0.2, 0.25) is 10.0 Å². The molecule has 2 N–H and O–H groups in total. The molecule has 5 nitrogen and oxygen atoms in total. The van der Waals surface area contributed by atoms with Crippen molar-refractivity contribution >= 4 is 10.0 Å². The Hall–Kier alpha value is -0.950. The molecule has 0 heterocycles. The lowest BCUT2D eigenvalue weighted by Crippen LogP contribution is -2.36. The van der Waals surface area contributed by atoms with Gasteiger partial charge in [-0.25, -0.2) is 13.1 Å². The highest BCUT2D eigenvalue weighted by atomic mass is 32.2. The zero-order valence-electron chi connectivity index (χ0n) is 13.5. The minimum atomic E-state index is -3.54. The van der Waals surface area contributed by atoms with Gasteiger partial charge in [0.1, 0.15) is 0 Å². The molecule has 0 aromatic heterocycles. The molecule has 6 heteroatoms. The van der Waals surface area contributed by atoms with Crippen LogP contribution < -0.4 is 10.0 Å². The van der Waals surface area contributed by atoms with Crippen molar-refractivity contribution in [3.05, 3.63) is 28.8 Å². The molecule has 21 heavy (non-hydrogen) atoms. The van der Waals surface area contributed by atoms with Crippen LogP contribution in [0.3, 0.4) is 0 Å². The SMILES string of the molecule is CCOCC(C)NS(=O)(=O)c1cc(CNC)c(C)cc1C. The second kappa shape index (κ2) is 7.89. The molecule has 0 radical (unpaired) electrons. The van der Waals surface area contributed by atoms with Gasteiger partial charge in [-0.1, -0.05) is 6.07 Å². The zero-order chi connectivity index (χ0) is 16.0. The zero-order valence-corrected chi connectivity index (χ0v) is 14.3. The Morgan fingerprint density at radius 3 is 2.48 bits per heavy atom. The van der Waals surface area contributed by atoms with Gasteiger partial charge in [-0.3, -0.25) is 0 Å². The molecule has 0 aliphatic heterocycles. The first-order valence-electron chi connectivity index (χ1n) is 7.16. The Kier molecular flexibility index (Phi) is 6.80. The largest absolute Gasteiger partial charge is 0.380 e. The Labute approximate surface area is 128 Å². The number of rotatable bonds is 8. The molecule has 1 atom stereocenters. The number of sulfonamides is 1. The van der Waals surface area contributed by atoms with Crippen molar-refractivity contribution in [2.24, 2.45) is 0 Å². The topological polar surface area (TPSA) is 67.4 Å². The summed E-state index contributed by atoms with van der Waals surface area (Å²) >= 11 is 0. The summed E-state index contributed by atoms with van der Waals surface area (Å²) in [6.45, 7) is 9.06. The van der Waals surface area contributed by atoms with Crippen LogP contribution in [0, 0.1) is 13.8 Å². The van der Waals surface area contributed by atoms with E-state index in [1.807, 2.05) is 33.9 Å². The molecule has 0 fully saturated rings. The summed E-state index contributed by atoms with van der Waals surface area (Å²) < 4.78 is 32.9. The van der Waals surface area contributed by atoms with Crippen LogP contribution in [0.4, 0.5) is 0 Å². The van der Waals surface area contributed by atoms with E-state index in [-0.39, 0.29) is 6.04 Å². The average molecular weight is 314 g/mol. The number of benzene rings is 1. The van der Waals surface area contributed by atoms with E-state index < -0.39 is 10.0 Å². The molecule has 0 bridgehead atoms. The smallest absolute Gasteiger partial charge is 0.241 e. The summed E-state index contributed by atoms with van der Waals surface area (Å²) in [7, 11) is -1.69. The summed E-state index contributed by atoms with van der Waals surface area (Å²) in [5, 5.41) is 3.06. The molecule has 0 saturated heterocycles. The van der Waals surface area contributed by atoms with Gasteiger partial charge in [0.15, 0.2) is 0 Å². The van der Waals surface area contributed by atoms with Crippen LogP contribution in [0.2, 0.25) is 0 Å². The van der Waals surface area contributed by atoms with Gasteiger partial charge in [0, 0.05) is 19.2 Å². The van der Waals surface area contributed by atoms with E-state index in [1.165, 1.54) is 0 Å². The lowest BCUT2D eigenvalue weighted by Gasteiger charge is -2.17. The Bertz CT molecular complexity index is 571. The van der Waals surface area contributed by atoms with Crippen LogP contribution >= 0.6 is 0 Å². The van der Waals surface area contributed by atoms with E-state index in [0.717, 1.165) is 16.7 Å². The van der Waals surface area contributed by atoms with Gasteiger partial charge in [-0.2, -0.15) is 0 Å². The molecule has 0 saturated carbocycles. The molecule has 1 aromatic rings. The number of hydrogen-bond acceptors (Lipinski definition) is 4. The van der Waals surface area contributed by atoms with Gasteiger partial charge in [-0.05, 0) is 57.5 Å². The lowest BCUT2D eigenvalue weighted by molar-refractivity contribution is 0.133. The van der Waals surface area contributed by atoms with E-state index in [4.69, 9.17) is 4.74 Å². The molecule has 0 amide bonds. The Balaban J connectivity index is 3.04. The summed E-state index contributed by atoms with van der Waals surface area (Å²) in [6, 6.07) is 3.40. The van der Waals surface area contributed by atoms with Crippen molar-refractivity contribution in [3.8, 4) is 0 Å². The highest BCUT2D eigenvalue weighted by molar-refractivity contribution is 7.89. The van der Waals surface area contributed by atoms with Gasteiger partial charge in [-0.15, -0.1) is 0 Å². The van der Waals surface area contributed by atoms with Gasteiger partial charge in [0.25, 0.3) is 0 Å². The molecule has 0 aliphatic carbocycles. The third kappa shape index (κ3) is 5.07. The van der Waals surface area contributed by atoms with Gasteiger partial charge >= 0.3 is 0 Å². The fourth-order valence-corrected chi connectivity index (χ4v) is 3.71. The van der Waals surface area contributed by atoms with Crippen molar-refractivity contribution in [3.63, 3.8) is 0 Å². The van der Waals surface area contributed by atoms with Crippen LogP contribution in [0.5, 0.6) is 0 Å². The first kappa shape index (κ1) is 18.1. The highest BCUT2D eigenvalue weighted by Gasteiger charge is 2.20. The van der Waals surface area contributed by atoms with Gasteiger partial charge < -0.3 is 10.1 Å². The summed E-state index contributed by atoms with van der Waals surface area (Å²) in [5.41, 5.74) is 2.83. The predicted octanol–water partition coefficient (Wildman–Crippen LogP) is 1.73. The molecule has 1 unspecified atom stereocenters. The maximum Gasteiger partial charge on any atom is 0.241 e. The van der Waals surface area contributed by atoms with Crippen LogP contribution in [0.1, 0.15) is 30.5 Å². The first-order valence-corrected chi connectivity index (χ1v) is 8.65. The minimum absolute atomic E-state index is 0.261. The van der Waals surface area contributed by atoms with Crippen molar-refractivity contribution in [2.75, 3.05) is 20.3 Å². The summed E-state index contributed by atoms with van der Waals surface area (Å²) in [4.78, 5) is 0.335. The van der Waals surface area contributed by atoms with Crippen LogP contribution in [0.25, 0.3) is 0 Å². The molecular formula is C15H26N2O3S. The third-order valence-electron chi connectivity index (χ3n) is 3.22. The number of ether oxygens (including phenoxy) is 1. The van der Waals surface area contributed by atoms with Crippen molar-refractivity contribution in [1.82, 2.24) is 10.0 Å². The Morgan fingerprint density at radius 1 is 1.24 bits per heavy atom. The van der Waals surface area contributed by atoms with E-state index in [2.05, 4.69) is 10.0 Å². The average Bonchev–Trinajstić information content (AvgIpc) is 2.38. The first-order chi connectivity index (χ1) is 9.81. The number of hydrogen-bond donors (Lipinski definition) is 2. The van der Waals surface area contributed by atoms with Crippen LogP contribution in [-0.4, -0.2) is 34.7 Å². The highest BCUT2D eigenvalue weighted by Crippen LogP contribution is 2.20. The number of nitrogens with one attached hydrogen (secondary N) is 2. The lowest BCUT2D eigenvalue weighted by atomic mass is 10.1. The second-order valence-corrected chi connectivity index (χ2v) is 6.94. The summed E-state index contributed by atoms with van der Waals surface area (Å²) in [6.07, 6.45) is 0. The quantitative estimate of drug-likeness (QED) is 0.767. The second-order valence-electron chi connectivity index (χ2n) is 5.26. The van der Waals surface area contributed by atoms with E-state index in [1.54, 1.807) is 13.0 Å². The van der Waals surface area contributed by atoms with E-state index in [9.17, 15) is 8.42 Å². The third-order valence-corrected chi connectivity index (χ3v) is 4.95. The van der Waals surface area contributed by atoms with Crippen molar-refractivity contribution in [1.29, 1.82) is 0 Å². The van der Waals surface area contributed by atoms with E-state index >= 15 is 0 Å². The molecule has 120 valence electrons. The van der Waals surface area contributed by atoms with Gasteiger partial charge in [0.05, 0.1) is 11.5 Å². The van der Waals surface area contributed by atoms with E-state index in [0.29, 0.717) is 24.7 Å². The van der Waals surface area contributed by atoms with Crippen LogP contribution in [0.15, 0.2) is 17.0 Å². The standard InChI is InChI=1S/C15H26N2O3S/c1-6-20-10-13(4)17-21(18,19)15-8-14(9-16-5)11(2)7-12(15)3/h7-8,13,16-17H,6,9-10H2,1-5H3. The Morgan fingerprint density at radius 2 is 1.90 bits per heavy atom. The minimum Gasteiger partial charge on any atom is -0.380 e. The molecule has 1 aromatic carbocycles. The fraction of sp³-hybridized carbons (Fsp3) is 0.600. The molecule has 0 spiro atoms. The number of aryl methyl sites for hydroxylation is 2. The molecule has 0 aliphatic rings. The predicted molar refractivity (Wildman–Crippen MR) is 85.0 cm³/mol. The maximum absolute atomic E-state index is 12.5. The normalized spacial score (nSPS) is 13.4. The maximum atomic E-state index is 12.5. The van der Waals surface area contributed by atoms with Crippen LogP contribution in [-0.2, 0) is 21.3 Å². The molecular weight excluding hydrogens is 288 g/mol. The summed E-state index contributed by atoms with van der Waals surface area (Å²) in [5.74, 6) is 0. The fourth-order valence-electron chi connectivity index (χ4n) is 2.20. The van der Waals surface area contributed by atoms with Crippen molar-refractivity contribution < 1.29 is 13.2 Å². The van der Waals surface area contributed by atoms with Crippen molar-refractivity contribution in [2.45, 2.75) is 45.2 Å². The monoisotopic (exact) mass is 314 g/mol.